The number of nitrogens with two attached hydrogens (primary N) is 1. The lowest BCUT2D eigenvalue weighted by Gasteiger charge is -2.19. The minimum atomic E-state index is -0.348. The van der Waals surface area contributed by atoms with Crippen molar-refractivity contribution in [1.82, 2.24) is 4.90 Å². The average Bonchev–Trinajstić information content (AvgIpc) is 3.12. The predicted molar refractivity (Wildman–Crippen MR) is 119 cm³/mol. The fraction of sp³-hybridized carbons (Fsp3) is 0.458. The monoisotopic (exact) mass is 428 g/mol. The Morgan fingerprint density at radius 1 is 0.839 bits per heavy atom. The summed E-state index contributed by atoms with van der Waals surface area (Å²) in [6, 6.07) is 16.6. The summed E-state index contributed by atoms with van der Waals surface area (Å²) in [6.45, 7) is 4.26. The molecule has 0 saturated heterocycles. The van der Waals surface area contributed by atoms with Crippen molar-refractivity contribution < 1.29 is 23.7 Å². The highest BCUT2D eigenvalue weighted by Crippen LogP contribution is 2.44. The molecular weight excluding hydrogens is 396 g/mol. The molecule has 0 fully saturated rings. The zero-order valence-corrected chi connectivity index (χ0v) is 18.1. The van der Waals surface area contributed by atoms with E-state index >= 15 is 0 Å². The molecule has 31 heavy (non-hydrogen) atoms. The fourth-order valence-electron chi connectivity index (χ4n) is 3.62. The van der Waals surface area contributed by atoms with E-state index in [2.05, 4.69) is 24.3 Å². The Bertz CT molecular complexity index is 784. The number of ether oxygens (including phenoxy) is 4. The van der Waals surface area contributed by atoms with Gasteiger partial charge in [0.1, 0.15) is 6.61 Å². The molecule has 2 N–H and O–H groups in total. The number of carbonyl (C=O) groups is 1. The van der Waals surface area contributed by atoms with Crippen LogP contribution in [-0.4, -0.2) is 77.4 Å². The van der Waals surface area contributed by atoms with Crippen molar-refractivity contribution in [2.24, 2.45) is 5.73 Å². The van der Waals surface area contributed by atoms with Gasteiger partial charge in [-0.25, -0.2) is 4.79 Å². The van der Waals surface area contributed by atoms with Crippen molar-refractivity contribution in [2.75, 3.05) is 66.4 Å². The summed E-state index contributed by atoms with van der Waals surface area (Å²) in [5.74, 6) is 0.0620. The summed E-state index contributed by atoms with van der Waals surface area (Å²) in [4.78, 5) is 14.0. The highest BCUT2D eigenvalue weighted by Gasteiger charge is 2.29. The highest BCUT2D eigenvalue weighted by atomic mass is 16.6. The molecule has 1 amide bonds. The van der Waals surface area contributed by atoms with Crippen molar-refractivity contribution in [3.63, 3.8) is 0 Å². The maximum absolute atomic E-state index is 12.4. The van der Waals surface area contributed by atoms with Crippen LogP contribution in [0.3, 0.4) is 0 Å². The van der Waals surface area contributed by atoms with Gasteiger partial charge in [0.05, 0.1) is 39.6 Å². The number of hydrogen-bond donors (Lipinski definition) is 1. The molecule has 3 rings (SSSR count). The van der Waals surface area contributed by atoms with Crippen LogP contribution in [0.15, 0.2) is 48.5 Å². The Kier molecular flexibility index (Phi) is 9.30. The second-order valence-electron chi connectivity index (χ2n) is 7.35. The van der Waals surface area contributed by atoms with E-state index in [1.54, 1.807) is 7.05 Å². The zero-order chi connectivity index (χ0) is 21.9. The number of nitrogens with zero attached hydrogens (tertiary/aromatic N) is 1. The summed E-state index contributed by atoms with van der Waals surface area (Å²) in [5.41, 5.74) is 10.2. The van der Waals surface area contributed by atoms with Gasteiger partial charge in [-0.1, -0.05) is 48.5 Å². The summed E-state index contributed by atoms with van der Waals surface area (Å²) in [6.07, 6.45) is -0.348. The molecule has 0 bridgehead atoms. The second-order valence-corrected chi connectivity index (χ2v) is 7.35. The third kappa shape index (κ3) is 6.51. The molecule has 0 saturated carbocycles. The minimum absolute atomic E-state index is 0.0620. The largest absolute Gasteiger partial charge is 0.448 e. The van der Waals surface area contributed by atoms with E-state index in [0.717, 1.165) is 0 Å². The van der Waals surface area contributed by atoms with E-state index in [4.69, 9.17) is 24.7 Å². The average molecular weight is 429 g/mol. The maximum atomic E-state index is 12.4. The summed E-state index contributed by atoms with van der Waals surface area (Å²) in [5, 5.41) is 0. The number of carbonyl (C=O) groups excluding carboxylic acids is 1. The topological polar surface area (TPSA) is 83.3 Å². The lowest BCUT2D eigenvalue weighted by Crippen LogP contribution is -2.32. The number of fused-ring (bicyclic) bond motifs is 3. The minimum Gasteiger partial charge on any atom is -0.448 e. The summed E-state index contributed by atoms with van der Waals surface area (Å²) in [7, 11) is 1.72. The van der Waals surface area contributed by atoms with E-state index in [0.29, 0.717) is 59.3 Å². The van der Waals surface area contributed by atoms with Crippen LogP contribution in [0.25, 0.3) is 11.1 Å². The fourth-order valence-corrected chi connectivity index (χ4v) is 3.62. The van der Waals surface area contributed by atoms with Gasteiger partial charge >= 0.3 is 6.09 Å². The van der Waals surface area contributed by atoms with Crippen molar-refractivity contribution in [3.8, 4) is 11.1 Å². The van der Waals surface area contributed by atoms with Gasteiger partial charge in [-0.2, -0.15) is 0 Å². The third-order valence-electron chi connectivity index (χ3n) is 5.22. The van der Waals surface area contributed by atoms with Gasteiger partial charge in [0.15, 0.2) is 0 Å². The first kappa shape index (κ1) is 23.2. The van der Waals surface area contributed by atoms with Gasteiger partial charge in [-0.05, 0) is 22.3 Å². The Labute approximate surface area is 184 Å². The third-order valence-corrected chi connectivity index (χ3v) is 5.22. The van der Waals surface area contributed by atoms with Gasteiger partial charge < -0.3 is 29.6 Å². The van der Waals surface area contributed by atoms with Crippen molar-refractivity contribution in [2.45, 2.75) is 5.92 Å². The summed E-state index contributed by atoms with van der Waals surface area (Å²) >= 11 is 0. The standard InChI is InChI=1S/C24H32N2O5/c1-26(11-13-29-15-17-30-16-14-28-12-10-25)24(27)31-18-23-21-8-4-2-6-19(21)20-7-3-5-9-22(20)23/h2-9,23H,10-18,25H2,1H3. The maximum Gasteiger partial charge on any atom is 0.409 e. The number of benzene rings is 2. The van der Waals surface area contributed by atoms with E-state index in [1.165, 1.54) is 27.2 Å². The molecule has 2 aromatic rings. The number of amides is 1. The normalized spacial score (nSPS) is 12.5. The molecule has 0 spiro atoms. The molecule has 168 valence electrons. The lowest BCUT2D eigenvalue weighted by atomic mass is 9.98. The van der Waals surface area contributed by atoms with Crippen LogP contribution >= 0.6 is 0 Å². The first-order valence-corrected chi connectivity index (χ1v) is 10.7. The zero-order valence-electron chi connectivity index (χ0n) is 18.1. The number of hydrogen-bond acceptors (Lipinski definition) is 6. The first-order valence-electron chi connectivity index (χ1n) is 10.7. The van der Waals surface area contributed by atoms with Gasteiger partial charge in [0, 0.05) is 26.1 Å². The van der Waals surface area contributed by atoms with Gasteiger partial charge in [-0.15, -0.1) is 0 Å². The first-order chi connectivity index (χ1) is 15.2. The molecule has 0 radical (unpaired) electrons. The number of rotatable bonds is 13. The smallest absolute Gasteiger partial charge is 0.409 e. The Hall–Kier alpha value is -2.45. The Morgan fingerprint density at radius 2 is 1.35 bits per heavy atom. The molecule has 1 aliphatic rings. The molecule has 0 aromatic heterocycles. The van der Waals surface area contributed by atoms with E-state index < -0.39 is 0 Å². The van der Waals surface area contributed by atoms with Gasteiger partial charge in [-0.3, -0.25) is 0 Å². The van der Waals surface area contributed by atoms with Gasteiger partial charge in [0.2, 0.25) is 0 Å². The Morgan fingerprint density at radius 3 is 1.94 bits per heavy atom. The van der Waals surface area contributed by atoms with Crippen molar-refractivity contribution in [3.05, 3.63) is 59.7 Å². The van der Waals surface area contributed by atoms with E-state index in [1.807, 2.05) is 24.3 Å². The van der Waals surface area contributed by atoms with Crippen LogP contribution in [-0.2, 0) is 18.9 Å². The molecule has 0 heterocycles. The van der Waals surface area contributed by atoms with Crippen LogP contribution in [0, 0.1) is 0 Å². The van der Waals surface area contributed by atoms with Gasteiger partial charge in [0.25, 0.3) is 0 Å². The lowest BCUT2D eigenvalue weighted by molar-refractivity contribution is 0.0123. The van der Waals surface area contributed by atoms with E-state index in [-0.39, 0.29) is 12.0 Å². The highest BCUT2D eigenvalue weighted by molar-refractivity contribution is 5.79. The second kappa shape index (κ2) is 12.4. The van der Waals surface area contributed by atoms with Crippen LogP contribution in [0.1, 0.15) is 17.0 Å². The quantitative estimate of drug-likeness (QED) is 0.494. The van der Waals surface area contributed by atoms with Crippen LogP contribution in [0.5, 0.6) is 0 Å². The van der Waals surface area contributed by atoms with E-state index in [9.17, 15) is 4.79 Å². The summed E-state index contributed by atoms with van der Waals surface area (Å²) < 4.78 is 21.8. The Balaban J connectivity index is 1.35. The van der Waals surface area contributed by atoms with Crippen LogP contribution < -0.4 is 5.73 Å². The number of likely N-dealkylation sites (N-methyl/N-ethyl adjacent to an activating group) is 1. The van der Waals surface area contributed by atoms with Crippen molar-refractivity contribution >= 4 is 6.09 Å². The molecular formula is C24H32N2O5. The molecule has 7 heteroatoms. The molecule has 2 aromatic carbocycles. The molecule has 7 nitrogen and oxygen atoms in total. The SMILES string of the molecule is CN(CCOCCOCCOCCN)C(=O)OCC1c2ccccc2-c2ccccc21. The van der Waals surface area contributed by atoms with Crippen LogP contribution in [0.2, 0.25) is 0 Å². The molecule has 0 atom stereocenters. The molecule has 0 aliphatic heterocycles. The van der Waals surface area contributed by atoms with Crippen LogP contribution in [0.4, 0.5) is 4.79 Å². The van der Waals surface area contributed by atoms with Crippen molar-refractivity contribution in [1.29, 1.82) is 0 Å². The predicted octanol–water partition coefficient (Wildman–Crippen LogP) is 2.88. The molecule has 0 unspecified atom stereocenters. The molecule has 1 aliphatic carbocycles.